The molecule has 15 heavy (non-hydrogen) atoms. The van der Waals surface area contributed by atoms with Gasteiger partial charge in [0.15, 0.2) is 0 Å². The number of hydrogen-bond donors (Lipinski definition) is 2. The van der Waals surface area contributed by atoms with E-state index in [1.807, 2.05) is 0 Å². The molecule has 0 radical (unpaired) electrons. The predicted octanol–water partition coefficient (Wildman–Crippen LogP) is 1.77. The first-order valence-corrected chi connectivity index (χ1v) is 4.37. The first kappa shape index (κ1) is 11.5. The van der Waals surface area contributed by atoms with E-state index < -0.39 is 5.97 Å². The van der Waals surface area contributed by atoms with Crippen LogP contribution in [0.2, 0.25) is 5.02 Å². The van der Waals surface area contributed by atoms with Crippen LogP contribution in [-0.2, 0) is 4.74 Å². The average Bonchev–Trinajstić information content (AvgIpc) is 2.26. The fourth-order valence-electron chi connectivity index (χ4n) is 0.993. The highest BCUT2D eigenvalue weighted by Gasteiger charge is 2.11. The highest BCUT2D eigenvalue weighted by molar-refractivity contribution is 6.31. The van der Waals surface area contributed by atoms with E-state index in [-0.39, 0.29) is 5.56 Å². The molecule has 0 aliphatic heterocycles. The zero-order chi connectivity index (χ0) is 11.3. The van der Waals surface area contributed by atoms with Crippen LogP contribution in [0.15, 0.2) is 23.2 Å². The van der Waals surface area contributed by atoms with Crippen molar-refractivity contribution in [2.45, 2.75) is 0 Å². The molecule has 5 nitrogen and oxygen atoms in total. The smallest absolute Gasteiger partial charge is 0.340 e. The summed E-state index contributed by atoms with van der Waals surface area (Å²) in [5.74, 6) is -0.539. The molecule has 0 bridgehead atoms. The summed E-state index contributed by atoms with van der Waals surface area (Å²) in [6.07, 6.45) is 1.04. The van der Waals surface area contributed by atoms with Gasteiger partial charge in [-0.1, -0.05) is 11.6 Å². The molecule has 0 aromatic heterocycles. The van der Waals surface area contributed by atoms with Crippen molar-refractivity contribution in [1.29, 1.82) is 0 Å². The number of carbonyl (C=O) groups is 1. The second-order valence-electron chi connectivity index (χ2n) is 2.54. The minimum atomic E-state index is -0.539. The van der Waals surface area contributed by atoms with E-state index >= 15 is 0 Å². The summed E-state index contributed by atoms with van der Waals surface area (Å²) < 4.78 is 4.56. The molecule has 0 saturated heterocycles. The molecule has 2 N–H and O–H groups in total. The summed E-state index contributed by atoms with van der Waals surface area (Å²) in [6.45, 7) is 0. The van der Waals surface area contributed by atoms with Crippen LogP contribution in [-0.4, -0.2) is 24.6 Å². The maximum atomic E-state index is 11.3. The van der Waals surface area contributed by atoms with Gasteiger partial charge in [-0.25, -0.2) is 9.79 Å². The Morgan fingerprint density at radius 1 is 1.67 bits per heavy atom. The number of nitrogens with one attached hydrogen (secondary N) is 1. The number of halogens is 1. The topological polar surface area (TPSA) is 70.9 Å². The highest BCUT2D eigenvalue weighted by atomic mass is 35.5. The van der Waals surface area contributed by atoms with Crippen molar-refractivity contribution >= 4 is 29.6 Å². The minimum absolute atomic E-state index is 0.233. The molecule has 0 aliphatic carbocycles. The van der Waals surface area contributed by atoms with E-state index in [4.69, 9.17) is 16.8 Å². The molecule has 0 amide bonds. The number of aliphatic imine (C=N–C) groups is 1. The number of hydrogen-bond acceptors (Lipinski definition) is 4. The lowest BCUT2D eigenvalue weighted by molar-refractivity contribution is 0.0601. The SMILES string of the molecule is COC(=O)c1cc(Cl)ccc1N=CNO. The number of rotatable bonds is 3. The normalized spacial score (nSPS) is 10.3. The van der Waals surface area contributed by atoms with E-state index in [0.29, 0.717) is 10.7 Å². The van der Waals surface area contributed by atoms with Crippen LogP contribution in [0.1, 0.15) is 10.4 Å². The van der Waals surface area contributed by atoms with Crippen molar-refractivity contribution in [2.24, 2.45) is 4.99 Å². The predicted molar refractivity (Wildman–Crippen MR) is 55.9 cm³/mol. The number of ether oxygens (including phenoxy) is 1. The lowest BCUT2D eigenvalue weighted by Crippen LogP contribution is -2.04. The molecule has 0 unspecified atom stereocenters. The molecule has 0 fully saturated rings. The number of hydroxylamine groups is 1. The van der Waals surface area contributed by atoms with Gasteiger partial charge in [0.1, 0.15) is 6.34 Å². The third-order valence-corrected chi connectivity index (χ3v) is 1.86. The number of methoxy groups -OCH3 is 1. The molecule has 0 saturated carbocycles. The largest absolute Gasteiger partial charge is 0.465 e. The molecular weight excluding hydrogens is 220 g/mol. The molecule has 80 valence electrons. The maximum absolute atomic E-state index is 11.3. The van der Waals surface area contributed by atoms with Crippen LogP contribution < -0.4 is 5.48 Å². The Morgan fingerprint density at radius 3 is 3.00 bits per heavy atom. The third kappa shape index (κ3) is 2.93. The van der Waals surface area contributed by atoms with Crippen LogP contribution in [0.4, 0.5) is 5.69 Å². The molecule has 1 rings (SSSR count). The van der Waals surface area contributed by atoms with E-state index in [9.17, 15) is 4.79 Å². The summed E-state index contributed by atoms with van der Waals surface area (Å²) in [5.41, 5.74) is 2.33. The number of carbonyl (C=O) groups excluding carboxylic acids is 1. The monoisotopic (exact) mass is 228 g/mol. The molecule has 6 heteroatoms. The van der Waals surface area contributed by atoms with Crippen LogP contribution in [0.25, 0.3) is 0 Å². The lowest BCUT2D eigenvalue weighted by Gasteiger charge is -2.03. The van der Waals surface area contributed by atoms with Gasteiger partial charge in [0, 0.05) is 5.02 Å². The number of esters is 1. The van der Waals surface area contributed by atoms with Gasteiger partial charge in [-0.2, -0.15) is 0 Å². The lowest BCUT2D eigenvalue weighted by atomic mass is 10.2. The first-order valence-electron chi connectivity index (χ1n) is 3.99. The van der Waals surface area contributed by atoms with E-state index in [1.54, 1.807) is 17.6 Å². The maximum Gasteiger partial charge on any atom is 0.340 e. The zero-order valence-electron chi connectivity index (χ0n) is 7.90. The minimum Gasteiger partial charge on any atom is -0.465 e. The van der Waals surface area contributed by atoms with Gasteiger partial charge in [-0.3, -0.25) is 10.7 Å². The van der Waals surface area contributed by atoms with Gasteiger partial charge in [0.05, 0.1) is 18.4 Å². The number of nitrogens with zero attached hydrogens (tertiary/aromatic N) is 1. The quantitative estimate of drug-likeness (QED) is 0.358. The highest BCUT2D eigenvalue weighted by Crippen LogP contribution is 2.23. The Labute approximate surface area is 91.3 Å². The van der Waals surface area contributed by atoms with Crippen molar-refractivity contribution in [3.05, 3.63) is 28.8 Å². The van der Waals surface area contributed by atoms with Gasteiger partial charge in [0.2, 0.25) is 0 Å². The zero-order valence-corrected chi connectivity index (χ0v) is 8.65. The van der Waals surface area contributed by atoms with E-state index in [2.05, 4.69) is 9.73 Å². The van der Waals surface area contributed by atoms with Crippen molar-refractivity contribution in [1.82, 2.24) is 5.48 Å². The van der Waals surface area contributed by atoms with Gasteiger partial charge >= 0.3 is 5.97 Å². The van der Waals surface area contributed by atoms with Crippen molar-refractivity contribution < 1.29 is 14.7 Å². The fraction of sp³-hybridized carbons (Fsp3) is 0.111. The van der Waals surface area contributed by atoms with Crippen molar-refractivity contribution in [3.8, 4) is 0 Å². The average molecular weight is 229 g/mol. The van der Waals surface area contributed by atoms with Gasteiger partial charge < -0.3 is 4.74 Å². The summed E-state index contributed by atoms with van der Waals surface area (Å²) in [5, 5.41) is 8.74. The standard InChI is InChI=1S/C9H9ClN2O3/c1-15-9(13)7-4-6(10)2-3-8(7)11-5-12-14/h2-5,14H,1H3,(H,11,12). The summed E-state index contributed by atoms with van der Waals surface area (Å²) >= 11 is 5.73. The Bertz CT molecular complexity index is 393. The molecule has 1 aromatic carbocycles. The third-order valence-electron chi connectivity index (χ3n) is 1.63. The summed E-state index contributed by atoms with van der Waals surface area (Å²) in [4.78, 5) is 15.1. The Morgan fingerprint density at radius 2 is 2.40 bits per heavy atom. The number of benzene rings is 1. The van der Waals surface area contributed by atoms with Crippen molar-refractivity contribution in [2.75, 3.05) is 7.11 Å². The van der Waals surface area contributed by atoms with E-state index in [0.717, 1.165) is 6.34 Å². The molecule has 0 heterocycles. The van der Waals surface area contributed by atoms with Crippen LogP contribution in [0.3, 0.4) is 0 Å². The first-order chi connectivity index (χ1) is 7.19. The van der Waals surface area contributed by atoms with Gasteiger partial charge in [-0.05, 0) is 18.2 Å². The molecular formula is C9H9ClN2O3. The Hall–Kier alpha value is -1.59. The molecule has 0 atom stereocenters. The Kier molecular flexibility index (Phi) is 4.08. The molecule has 0 aliphatic rings. The van der Waals surface area contributed by atoms with E-state index in [1.165, 1.54) is 13.2 Å². The second kappa shape index (κ2) is 5.33. The van der Waals surface area contributed by atoms with Crippen LogP contribution >= 0.6 is 11.6 Å². The van der Waals surface area contributed by atoms with Crippen LogP contribution in [0.5, 0.6) is 0 Å². The molecule has 1 aromatic rings. The van der Waals surface area contributed by atoms with Crippen LogP contribution in [0, 0.1) is 0 Å². The Balaban J connectivity index is 3.14. The van der Waals surface area contributed by atoms with Gasteiger partial charge in [-0.15, -0.1) is 0 Å². The second-order valence-corrected chi connectivity index (χ2v) is 2.98. The summed E-state index contributed by atoms with van der Waals surface area (Å²) in [7, 11) is 1.26. The van der Waals surface area contributed by atoms with Gasteiger partial charge in [0.25, 0.3) is 0 Å². The fourth-order valence-corrected chi connectivity index (χ4v) is 1.16. The summed E-state index contributed by atoms with van der Waals surface area (Å²) in [6, 6.07) is 4.57. The van der Waals surface area contributed by atoms with Crippen molar-refractivity contribution in [3.63, 3.8) is 0 Å². The molecule has 0 spiro atoms.